The maximum absolute atomic E-state index is 9.89. The normalized spacial score (nSPS) is 25.7. The van der Waals surface area contributed by atoms with Gasteiger partial charge in [-0.05, 0) is 31.0 Å². The molecule has 1 aromatic heterocycles. The van der Waals surface area contributed by atoms with E-state index in [0.29, 0.717) is 5.92 Å². The summed E-state index contributed by atoms with van der Waals surface area (Å²) < 4.78 is 0. The van der Waals surface area contributed by atoms with Gasteiger partial charge < -0.3 is 10.1 Å². The van der Waals surface area contributed by atoms with Gasteiger partial charge in [0.1, 0.15) is 5.82 Å². The second kappa shape index (κ2) is 4.71. The third-order valence-corrected chi connectivity index (χ3v) is 3.81. The Kier molecular flexibility index (Phi) is 3.06. The number of β-amino-alcohol motifs (C(OH)–C–C–N with tert-alkyl or cyclic N) is 1. The molecule has 1 fully saturated rings. The van der Waals surface area contributed by atoms with Crippen LogP contribution < -0.4 is 0 Å². The van der Waals surface area contributed by atoms with Crippen LogP contribution in [0.15, 0.2) is 24.3 Å². The van der Waals surface area contributed by atoms with Gasteiger partial charge in [0.15, 0.2) is 0 Å². The molecule has 18 heavy (non-hydrogen) atoms. The van der Waals surface area contributed by atoms with E-state index in [-0.39, 0.29) is 6.10 Å². The van der Waals surface area contributed by atoms with Crippen LogP contribution in [0.5, 0.6) is 0 Å². The molecule has 2 unspecified atom stereocenters. The number of aromatic nitrogens is 2. The van der Waals surface area contributed by atoms with Gasteiger partial charge in [0.2, 0.25) is 0 Å². The minimum Gasteiger partial charge on any atom is -0.392 e. The number of piperidine rings is 1. The Balaban J connectivity index is 1.72. The highest BCUT2D eigenvalue weighted by Crippen LogP contribution is 2.19. The highest BCUT2D eigenvalue weighted by molar-refractivity contribution is 5.74. The molecule has 0 radical (unpaired) electrons. The summed E-state index contributed by atoms with van der Waals surface area (Å²) in [4.78, 5) is 10.2. The number of imidazole rings is 1. The summed E-state index contributed by atoms with van der Waals surface area (Å²) in [6.07, 6.45) is 0.852. The molecule has 0 amide bonds. The second-order valence-corrected chi connectivity index (χ2v) is 5.27. The minimum absolute atomic E-state index is 0.205. The van der Waals surface area contributed by atoms with Crippen LogP contribution in [-0.4, -0.2) is 39.2 Å². The SMILES string of the molecule is CC1CCN(Cc2nc3ccccc3[nH]2)CC1O. The summed E-state index contributed by atoms with van der Waals surface area (Å²) in [6.45, 7) is 4.69. The summed E-state index contributed by atoms with van der Waals surface area (Å²) in [7, 11) is 0. The number of hydrogen-bond acceptors (Lipinski definition) is 3. The Bertz CT molecular complexity index is 504. The molecule has 96 valence electrons. The lowest BCUT2D eigenvalue weighted by Gasteiger charge is -2.33. The van der Waals surface area contributed by atoms with Crippen LogP contribution in [0.1, 0.15) is 19.2 Å². The number of aliphatic hydroxyl groups excluding tert-OH is 1. The quantitative estimate of drug-likeness (QED) is 0.847. The van der Waals surface area contributed by atoms with Crippen molar-refractivity contribution < 1.29 is 5.11 Å². The number of fused-ring (bicyclic) bond motifs is 1. The first kappa shape index (κ1) is 11.7. The molecule has 0 spiro atoms. The first-order valence-electron chi connectivity index (χ1n) is 6.56. The standard InChI is InChI=1S/C14H19N3O/c1-10-6-7-17(8-13(10)18)9-14-15-11-4-2-3-5-12(11)16-14/h2-5,10,13,18H,6-9H2,1H3,(H,15,16). The highest BCUT2D eigenvalue weighted by atomic mass is 16.3. The summed E-state index contributed by atoms with van der Waals surface area (Å²) in [5.74, 6) is 1.40. The van der Waals surface area contributed by atoms with E-state index < -0.39 is 0 Å². The zero-order chi connectivity index (χ0) is 12.5. The van der Waals surface area contributed by atoms with Crippen LogP contribution in [0.2, 0.25) is 0 Å². The lowest BCUT2D eigenvalue weighted by molar-refractivity contribution is 0.0250. The van der Waals surface area contributed by atoms with Crippen molar-refractivity contribution >= 4 is 11.0 Å². The van der Waals surface area contributed by atoms with E-state index in [2.05, 4.69) is 21.8 Å². The number of aliphatic hydroxyl groups is 1. The van der Waals surface area contributed by atoms with Gasteiger partial charge in [-0.2, -0.15) is 0 Å². The topological polar surface area (TPSA) is 52.2 Å². The predicted octanol–water partition coefficient (Wildman–Crippen LogP) is 1.77. The molecule has 3 rings (SSSR count). The number of aromatic amines is 1. The fourth-order valence-electron chi connectivity index (χ4n) is 2.55. The van der Waals surface area contributed by atoms with Crippen molar-refractivity contribution in [3.05, 3.63) is 30.1 Å². The van der Waals surface area contributed by atoms with Gasteiger partial charge in [-0.15, -0.1) is 0 Å². The van der Waals surface area contributed by atoms with Crippen LogP contribution in [0.3, 0.4) is 0 Å². The van der Waals surface area contributed by atoms with E-state index in [1.807, 2.05) is 24.3 Å². The van der Waals surface area contributed by atoms with Crippen LogP contribution >= 0.6 is 0 Å². The van der Waals surface area contributed by atoms with Crippen LogP contribution in [0, 0.1) is 5.92 Å². The highest BCUT2D eigenvalue weighted by Gasteiger charge is 2.24. The Hall–Kier alpha value is -1.39. The zero-order valence-electron chi connectivity index (χ0n) is 10.6. The molecule has 2 aromatic rings. The van der Waals surface area contributed by atoms with E-state index in [4.69, 9.17) is 0 Å². The molecule has 1 saturated heterocycles. The largest absolute Gasteiger partial charge is 0.392 e. The maximum atomic E-state index is 9.89. The van der Waals surface area contributed by atoms with Crippen LogP contribution in [0.25, 0.3) is 11.0 Å². The van der Waals surface area contributed by atoms with Crippen molar-refractivity contribution in [2.45, 2.75) is 26.0 Å². The van der Waals surface area contributed by atoms with Crippen LogP contribution in [-0.2, 0) is 6.54 Å². The number of H-pyrrole nitrogens is 1. The monoisotopic (exact) mass is 245 g/mol. The van der Waals surface area contributed by atoms with Crippen molar-refractivity contribution in [2.75, 3.05) is 13.1 Å². The van der Waals surface area contributed by atoms with Crippen molar-refractivity contribution in [3.8, 4) is 0 Å². The lowest BCUT2D eigenvalue weighted by atomic mass is 9.96. The number of rotatable bonds is 2. The van der Waals surface area contributed by atoms with Gasteiger partial charge in [0.05, 0.1) is 23.7 Å². The third-order valence-electron chi connectivity index (χ3n) is 3.81. The molecule has 1 aromatic carbocycles. The Morgan fingerprint density at radius 3 is 3.06 bits per heavy atom. The summed E-state index contributed by atoms with van der Waals surface area (Å²) >= 11 is 0. The van der Waals surface area contributed by atoms with Crippen molar-refractivity contribution in [3.63, 3.8) is 0 Å². The molecule has 2 atom stereocenters. The molecule has 2 N–H and O–H groups in total. The van der Waals surface area contributed by atoms with E-state index >= 15 is 0 Å². The van der Waals surface area contributed by atoms with Crippen molar-refractivity contribution in [2.24, 2.45) is 5.92 Å². The molecule has 1 aliphatic heterocycles. The zero-order valence-corrected chi connectivity index (χ0v) is 10.6. The average Bonchev–Trinajstić information content (AvgIpc) is 2.76. The number of nitrogens with one attached hydrogen (secondary N) is 1. The van der Waals surface area contributed by atoms with E-state index in [0.717, 1.165) is 42.9 Å². The molecule has 4 heteroatoms. The summed E-state index contributed by atoms with van der Waals surface area (Å²) in [5, 5.41) is 9.89. The van der Waals surface area contributed by atoms with E-state index in [9.17, 15) is 5.11 Å². The van der Waals surface area contributed by atoms with Gasteiger partial charge in [-0.1, -0.05) is 19.1 Å². The fourth-order valence-corrected chi connectivity index (χ4v) is 2.55. The number of likely N-dealkylation sites (tertiary alicyclic amines) is 1. The molecule has 1 aliphatic rings. The first-order chi connectivity index (χ1) is 8.72. The molecular weight excluding hydrogens is 226 g/mol. The Labute approximate surface area is 107 Å². The molecular formula is C14H19N3O. The Morgan fingerprint density at radius 2 is 2.28 bits per heavy atom. The lowest BCUT2D eigenvalue weighted by Crippen LogP contribution is -2.42. The number of para-hydroxylation sites is 2. The van der Waals surface area contributed by atoms with Gasteiger partial charge in [0.25, 0.3) is 0 Å². The predicted molar refractivity (Wildman–Crippen MR) is 71.2 cm³/mol. The maximum Gasteiger partial charge on any atom is 0.121 e. The van der Waals surface area contributed by atoms with Gasteiger partial charge in [-0.25, -0.2) is 4.98 Å². The van der Waals surface area contributed by atoms with Gasteiger partial charge in [0, 0.05) is 6.54 Å². The van der Waals surface area contributed by atoms with E-state index in [1.54, 1.807) is 0 Å². The molecule has 0 bridgehead atoms. The van der Waals surface area contributed by atoms with Gasteiger partial charge >= 0.3 is 0 Å². The molecule has 2 heterocycles. The summed E-state index contributed by atoms with van der Waals surface area (Å²) in [5.41, 5.74) is 2.09. The smallest absolute Gasteiger partial charge is 0.121 e. The average molecular weight is 245 g/mol. The van der Waals surface area contributed by atoms with Crippen molar-refractivity contribution in [1.82, 2.24) is 14.9 Å². The number of nitrogens with zero attached hydrogens (tertiary/aromatic N) is 2. The minimum atomic E-state index is -0.205. The fraction of sp³-hybridized carbons (Fsp3) is 0.500. The Morgan fingerprint density at radius 1 is 1.44 bits per heavy atom. The van der Waals surface area contributed by atoms with Gasteiger partial charge in [-0.3, -0.25) is 4.90 Å². The molecule has 4 nitrogen and oxygen atoms in total. The second-order valence-electron chi connectivity index (χ2n) is 5.27. The summed E-state index contributed by atoms with van der Waals surface area (Å²) in [6, 6.07) is 8.07. The third kappa shape index (κ3) is 2.26. The number of hydrogen-bond donors (Lipinski definition) is 2. The number of benzene rings is 1. The molecule has 0 saturated carbocycles. The molecule has 0 aliphatic carbocycles. The van der Waals surface area contributed by atoms with Crippen LogP contribution in [0.4, 0.5) is 0 Å². The van der Waals surface area contributed by atoms with E-state index in [1.165, 1.54) is 0 Å². The van der Waals surface area contributed by atoms with Crippen molar-refractivity contribution in [1.29, 1.82) is 0 Å². The first-order valence-corrected chi connectivity index (χ1v) is 6.56.